The number of aromatic nitrogens is 2. The van der Waals surface area contributed by atoms with E-state index in [4.69, 9.17) is 5.73 Å². The smallest absolute Gasteiger partial charge is 0.123 e. The van der Waals surface area contributed by atoms with Gasteiger partial charge in [0.1, 0.15) is 5.82 Å². The molecule has 2 aromatic rings. The minimum absolute atomic E-state index is 0.459. The molecule has 0 spiro atoms. The van der Waals surface area contributed by atoms with Crippen molar-refractivity contribution >= 4 is 11.0 Å². The molecular weight excluding hydrogens is 198 g/mol. The normalized spacial score (nSPS) is 10.9. The molecule has 0 saturated carbocycles. The van der Waals surface area contributed by atoms with E-state index in [0.29, 0.717) is 6.54 Å². The number of nitrogens with zero attached hydrogens (tertiary/aromatic N) is 2. The van der Waals surface area contributed by atoms with Crippen molar-refractivity contribution < 1.29 is 0 Å². The summed E-state index contributed by atoms with van der Waals surface area (Å²) in [6.45, 7) is 9.20. The van der Waals surface area contributed by atoms with Gasteiger partial charge in [-0.05, 0) is 37.1 Å². The average molecular weight is 215 g/mol. The summed E-state index contributed by atoms with van der Waals surface area (Å²) >= 11 is 0. The van der Waals surface area contributed by atoms with Gasteiger partial charge in [0, 0.05) is 6.54 Å². The van der Waals surface area contributed by atoms with Crippen LogP contribution in [-0.4, -0.2) is 9.55 Å². The van der Waals surface area contributed by atoms with E-state index in [1.165, 1.54) is 11.1 Å². The molecule has 0 aliphatic heterocycles. The van der Waals surface area contributed by atoms with Crippen molar-refractivity contribution in [3.8, 4) is 0 Å². The van der Waals surface area contributed by atoms with Gasteiger partial charge in [0.15, 0.2) is 0 Å². The largest absolute Gasteiger partial charge is 0.324 e. The van der Waals surface area contributed by atoms with Gasteiger partial charge in [-0.25, -0.2) is 4.98 Å². The van der Waals surface area contributed by atoms with Crippen LogP contribution in [0.3, 0.4) is 0 Å². The van der Waals surface area contributed by atoms with Crippen LogP contribution in [0.1, 0.15) is 17.0 Å². The summed E-state index contributed by atoms with van der Waals surface area (Å²) in [6, 6.07) is 4.28. The zero-order chi connectivity index (χ0) is 11.7. The van der Waals surface area contributed by atoms with E-state index in [0.717, 1.165) is 23.4 Å². The number of hydrogen-bond donors (Lipinski definition) is 1. The summed E-state index contributed by atoms with van der Waals surface area (Å²) in [7, 11) is 0. The van der Waals surface area contributed by atoms with Gasteiger partial charge in [0.25, 0.3) is 0 Å². The molecule has 84 valence electrons. The van der Waals surface area contributed by atoms with Crippen molar-refractivity contribution in [1.82, 2.24) is 9.55 Å². The molecule has 0 aliphatic carbocycles. The third-order valence-corrected chi connectivity index (χ3v) is 2.94. The monoisotopic (exact) mass is 215 g/mol. The third-order valence-electron chi connectivity index (χ3n) is 2.94. The Bertz CT molecular complexity index is 538. The number of aryl methyl sites for hydroxylation is 2. The van der Waals surface area contributed by atoms with E-state index in [1.807, 2.05) is 6.08 Å². The first-order chi connectivity index (χ1) is 7.67. The molecule has 0 amide bonds. The number of nitrogens with two attached hydrogens (primary N) is 1. The fourth-order valence-electron chi connectivity index (χ4n) is 1.92. The first-order valence-electron chi connectivity index (χ1n) is 5.44. The lowest BCUT2D eigenvalue weighted by atomic mass is 10.1. The number of rotatable bonds is 3. The molecule has 0 aliphatic rings. The molecule has 0 bridgehead atoms. The number of imidazole rings is 1. The van der Waals surface area contributed by atoms with Gasteiger partial charge in [-0.3, -0.25) is 0 Å². The highest BCUT2D eigenvalue weighted by atomic mass is 15.1. The van der Waals surface area contributed by atoms with Gasteiger partial charge in [-0.1, -0.05) is 6.08 Å². The van der Waals surface area contributed by atoms with E-state index >= 15 is 0 Å². The van der Waals surface area contributed by atoms with Crippen molar-refractivity contribution in [3.63, 3.8) is 0 Å². The van der Waals surface area contributed by atoms with Crippen LogP contribution in [-0.2, 0) is 13.1 Å². The summed E-state index contributed by atoms with van der Waals surface area (Å²) < 4.78 is 2.12. The SMILES string of the molecule is C=CCn1c(CN)nc2cc(C)c(C)cc21. The number of fused-ring (bicyclic) bond motifs is 1. The Morgan fingerprint density at radius 3 is 2.69 bits per heavy atom. The lowest BCUT2D eigenvalue weighted by molar-refractivity contribution is 0.759. The molecular formula is C13H17N3. The van der Waals surface area contributed by atoms with Gasteiger partial charge in [0.05, 0.1) is 17.6 Å². The van der Waals surface area contributed by atoms with E-state index in [2.05, 4.69) is 42.1 Å². The van der Waals surface area contributed by atoms with Crippen LogP contribution in [0.4, 0.5) is 0 Å². The molecule has 3 heteroatoms. The van der Waals surface area contributed by atoms with Crippen LogP contribution < -0.4 is 5.73 Å². The Labute approximate surface area is 95.6 Å². The Morgan fingerprint density at radius 1 is 1.38 bits per heavy atom. The fourth-order valence-corrected chi connectivity index (χ4v) is 1.92. The molecule has 16 heavy (non-hydrogen) atoms. The van der Waals surface area contributed by atoms with Crippen molar-refractivity contribution in [1.29, 1.82) is 0 Å². The summed E-state index contributed by atoms with van der Waals surface area (Å²) in [6.07, 6.45) is 1.87. The van der Waals surface area contributed by atoms with Crippen LogP contribution in [0.25, 0.3) is 11.0 Å². The lowest BCUT2D eigenvalue weighted by Gasteiger charge is -2.05. The Kier molecular flexibility index (Phi) is 2.79. The van der Waals surface area contributed by atoms with E-state index in [-0.39, 0.29) is 0 Å². The first kappa shape index (κ1) is 10.9. The van der Waals surface area contributed by atoms with Crippen molar-refractivity contribution in [3.05, 3.63) is 41.7 Å². The molecule has 0 radical (unpaired) electrons. The molecule has 2 N–H and O–H groups in total. The third kappa shape index (κ3) is 1.63. The summed E-state index contributed by atoms with van der Waals surface area (Å²) in [5, 5.41) is 0. The molecule has 1 heterocycles. The molecule has 1 aromatic carbocycles. The molecule has 0 saturated heterocycles. The van der Waals surface area contributed by atoms with Crippen molar-refractivity contribution in [2.24, 2.45) is 5.73 Å². The second-order valence-corrected chi connectivity index (χ2v) is 4.06. The molecule has 3 nitrogen and oxygen atoms in total. The highest BCUT2D eigenvalue weighted by Gasteiger charge is 2.09. The minimum Gasteiger partial charge on any atom is -0.324 e. The quantitative estimate of drug-likeness (QED) is 0.798. The Hall–Kier alpha value is -1.61. The Balaban J connectivity index is 2.73. The molecule has 1 aromatic heterocycles. The second kappa shape index (κ2) is 4.10. The maximum absolute atomic E-state index is 5.70. The van der Waals surface area contributed by atoms with Gasteiger partial charge in [0.2, 0.25) is 0 Å². The van der Waals surface area contributed by atoms with Crippen molar-refractivity contribution in [2.45, 2.75) is 26.9 Å². The maximum atomic E-state index is 5.70. The molecule has 2 rings (SSSR count). The first-order valence-corrected chi connectivity index (χ1v) is 5.44. The number of hydrogen-bond acceptors (Lipinski definition) is 2. The van der Waals surface area contributed by atoms with Gasteiger partial charge in [-0.15, -0.1) is 6.58 Å². The van der Waals surface area contributed by atoms with E-state index in [1.54, 1.807) is 0 Å². The zero-order valence-electron chi connectivity index (χ0n) is 9.83. The highest BCUT2D eigenvalue weighted by molar-refractivity contribution is 5.78. The maximum Gasteiger partial charge on any atom is 0.123 e. The van der Waals surface area contributed by atoms with Crippen LogP contribution in [0, 0.1) is 13.8 Å². The summed E-state index contributed by atoms with van der Waals surface area (Å²) in [5.74, 6) is 0.917. The number of benzene rings is 1. The predicted octanol–water partition coefficient (Wildman–Crippen LogP) is 2.30. The van der Waals surface area contributed by atoms with Crippen LogP contribution >= 0.6 is 0 Å². The van der Waals surface area contributed by atoms with E-state index < -0.39 is 0 Å². The summed E-state index contributed by atoms with van der Waals surface area (Å²) in [5.41, 5.74) is 10.4. The van der Waals surface area contributed by atoms with E-state index in [9.17, 15) is 0 Å². The van der Waals surface area contributed by atoms with Crippen molar-refractivity contribution in [2.75, 3.05) is 0 Å². The van der Waals surface area contributed by atoms with Gasteiger partial charge >= 0.3 is 0 Å². The zero-order valence-corrected chi connectivity index (χ0v) is 9.83. The second-order valence-electron chi connectivity index (χ2n) is 4.06. The lowest BCUT2D eigenvalue weighted by Crippen LogP contribution is -2.07. The Morgan fingerprint density at radius 2 is 2.06 bits per heavy atom. The van der Waals surface area contributed by atoms with Gasteiger partial charge in [-0.2, -0.15) is 0 Å². The standard InChI is InChI=1S/C13H17N3/c1-4-5-16-12-7-10(3)9(2)6-11(12)15-13(16)8-14/h4,6-7H,1,5,8,14H2,2-3H3. The average Bonchev–Trinajstić information content (AvgIpc) is 2.58. The van der Waals surface area contributed by atoms with Crippen LogP contribution in [0.5, 0.6) is 0 Å². The fraction of sp³-hybridized carbons (Fsp3) is 0.308. The topological polar surface area (TPSA) is 43.8 Å². The highest BCUT2D eigenvalue weighted by Crippen LogP contribution is 2.20. The predicted molar refractivity (Wildman–Crippen MR) is 67.3 cm³/mol. The minimum atomic E-state index is 0.459. The molecule has 0 unspecified atom stereocenters. The van der Waals surface area contributed by atoms with Crippen LogP contribution in [0.2, 0.25) is 0 Å². The number of allylic oxidation sites excluding steroid dienone is 1. The molecule has 0 fully saturated rings. The molecule has 0 atom stereocenters. The summed E-state index contributed by atoms with van der Waals surface area (Å²) in [4.78, 5) is 4.54. The van der Waals surface area contributed by atoms with Gasteiger partial charge < -0.3 is 10.3 Å². The van der Waals surface area contributed by atoms with Crippen LogP contribution in [0.15, 0.2) is 24.8 Å².